The number of hydrogen-bond donors (Lipinski definition) is 2. The normalized spacial score (nSPS) is 11.2. The third-order valence-electron chi connectivity index (χ3n) is 2.79. The summed E-state index contributed by atoms with van der Waals surface area (Å²) in [5, 5.41) is 5.06. The van der Waals surface area contributed by atoms with E-state index in [0.29, 0.717) is 0 Å². The van der Waals surface area contributed by atoms with Crippen LogP contribution in [0.3, 0.4) is 0 Å². The number of amides is 2. The van der Waals surface area contributed by atoms with Gasteiger partial charge >= 0.3 is 18.2 Å². The first kappa shape index (κ1) is 23.0. The van der Waals surface area contributed by atoms with E-state index >= 15 is 0 Å². The standard InChI is InChI=1S/C20H28N2O6/c1-8-9-26-16(23)13-10-14(21-17(24)27-19(2,3)4)12-15(11-13)22-18(25)28-20(5,6)7/h8,10-12H,1,9H2,2-7H3,(H,21,24)(H,22,25). The fourth-order valence-corrected chi connectivity index (χ4v) is 1.95. The van der Waals surface area contributed by atoms with Crippen LogP contribution >= 0.6 is 0 Å². The second-order valence-electron chi connectivity index (χ2n) is 7.94. The van der Waals surface area contributed by atoms with E-state index in [2.05, 4.69) is 17.2 Å². The van der Waals surface area contributed by atoms with Gasteiger partial charge in [0, 0.05) is 11.4 Å². The molecular formula is C20H28N2O6. The smallest absolute Gasteiger partial charge is 0.412 e. The molecule has 0 radical (unpaired) electrons. The second kappa shape index (κ2) is 9.25. The highest BCUT2D eigenvalue weighted by Gasteiger charge is 2.20. The number of benzene rings is 1. The van der Waals surface area contributed by atoms with E-state index in [1.807, 2.05) is 0 Å². The highest BCUT2D eigenvalue weighted by Crippen LogP contribution is 2.22. The lowest BCUT2D eigenvalue weighted by Crippen LogP contribution is -2.28. The zero-order chi connectivity index (χ0) is 21.5. The molecule has 0 aliphatic heterocycles. The molecule has 1 aromatic carbocycles. The SMILES string of the molecule is C=CCOC(=O)c1cc(NC(=O)OC(C)(C)C)cc(NC(=O)OC(C)(C)C)c1. The molecule has 0 aliphatic carbocycles. The molecule has 1 rings (SSSR count). The minimum Gasteiger partial charge on any atom is -0.458 e. The lowest BCUT2D eigenvalue weighted by atomic mass is 10.1. The Morgan fingerprint density at radius 1 is 0.893 bits per heavy atom. The number of rotatable bonds is 5. The largest absolute Gasteiger partial charge is 0.458 e. The maximum Gasteiger partial charge on any atom is 0.412 e. The Kier molecular flexibility index (Phi) is 7.60. The molecule has 154 valence electrons. The van der Waals surface area contributed by atoms with Gasteiger partial charge in [0.1, 0.15) is 17.8 Å². The Morgan fingerprint density at radius 2 is 1.32 bits per heavy atom. The van der Waals surface area contributed by atoms with Crippen molar-refractivity contribution in [3.05, 3.63) is 36.4 Å². The highest BCUT2D eigenvalue weighted by molar-refractivity contribution is 5.96. The maximum atomic E-state index is 12.2. The van der Waals surface area contributed by atoms with Gasteiger partial charge in [0.25, 0.3) is 0 Å². The van der Waals surface area contributed by atoms with Crippen LogP contribution < -0.4 is 10.6 Å². The monoisotopic (exact) mass is 392 g/mol. The third-order valence-corrected chi connectivity index (χ3v) is 2.79. The number of carbonyl (C=O) groups is 3. The van der Waals surface area contributed by atoms with Crippen LogP contribution in [0, 0.1) is 0 Å². The summed E-state index contributed by atoms with van der Waals surface area (Å²) in [7, 11) is 0. The van der Waals surface area contributed by atoms with Gasteiger partial charge in [-0.05, 0) is 59.7 Å². The summed E-state index contributed by atoms with van der Waals surface area (Å²) in [4.78, 5) is 36.2. The molecule has 0 aliphatic rings. The van der Waals surface area contributed by atoms with E-state index < -0.39 is 29.4 Å². The molecule has 0 heterocycles. The molecule has 0 saturated heterocycles. The predicted molar refractivity (Wildman–Crippen MR) is 107 cm³/mol. The van der Waals surface area contributed by atoms with Crippen molar-refractivity contribution in [3.8, 4) is 0 Å². The summed E-state index contributed by atoms with van der Waals surface area (Å²) in [6.07, 6.45) is 0.0280. The van der Waals surface area contributed by atoms with Crippen molar-refractivity contribution in [2.24, 2.45) is 0 Å². The van der Waals surface area contributed by atoms with Gasteiger partial charge in [-0.3, -0.25) is 10.6 Å². The van der Waals surface area contributed by atoms with Gasteiger partial charge in [-0.2, -0.15) is 0 Å². The van der Waals surface area contributed by atoms with E-state index in [1.165, 1.54) is 24.3 Å². The van der Waals surface area contributed by atoms with E-state index in [9.17, 15) is 14.4 Å². The number of nitrogens with one attached hydrogen (secondary N) is 2. The number of esters is 1. The molecule has 0 spiro atoms. The van der Waals surface area contributed by atoms with Crippen molar-refractivity contribution in [2.75, 3.05) is 17.2 Å². The summed E-state index contributed by atoms with van der Waals surface area (Å²) in [5.74, 6) is -0.639. The predicted octanol–water partition coefficient (Wildman–Crippen LogP) is 4.72. The zero-order valence-electron chi connectivity index (χ0n) is 17.2. The number of ether oxygens (including phenoxy) is 3. The average Bonchev–Trinajstić information content (AvgIpc) is 2.48. The van der Waals surface area contributed by atoms with E-state index in [1.54, 1.807) is 41.5 Å². The Bertz CT molecular complexity index is 696. The van der Waals surface area contributed by atoms with Crippen LogP contribution in [0.2, 0.25) is 0 Å². The molecule has 8 heteroatoms. The zero-order valence-corrected chi connectivity index (χ0v) is 17.2. The Labute approximate surface area is 165 Å². The number of hydrogen-bond acceptors (Lipinski definition) is 6. The molecule has 0 unspecified atom stereocenters. The highest BCUT2D eigenvalue weighted by atomic mass is 16.6. The quantitative estimate of drug-likeness (QED) is 0.427. The van der Waals surface area contributed by atoms with Crippen LogP contribution in [0.15, 0.2) is 30.9 Å². The first-order chi connectivity index (χ1) is 12.8. The van der Waals surface area contributed by atoms with Crippen LogP contribution in [-0.4, -0.2) is 36.0 Å². The maximum absolute atomic E-state index is 12.2. The van der Waals surface area contributed by atoms with E-state index in [4.69, 9.17) is 14.2 Å². The number of carbonyl (C=O) groups excluding carboxylic acids is 3. The average molecular weight is 392 g/mol. The summed E-state index contributed by atoms with van der Waals surface area (Å²) >= 11 is 0. The first-order valence-electron chi connectivity index (χ1n) is 8.72. The van der Waals surface area contributed by atoms with Crippen LogP contribution in [-0.2, 0) is 14.2 Å². The molecule has 1 aromatic rings. The van der Waals surface area contributed by atoms with Gasteiger partial charge in [0.05, 0.1) is 5.56 Å². The van der Waals surface area contributed by atoms with Gasteiger partial charge in [-0.25, -0.2) is 14.4 Å². The third kappa shape index (κ3) is 9.07. The molecule has 0 bridgehead atoms. The Hall–Kier alpha value is -3.03. The fourth-order valence-electron chi connectivity index (χ4n) is 1.95. The Morgan fingerprint density at radius 3 is 1.68 bits per heavy atom. The van der Waals surface area contributed by atoms with Crippen molar-refractivity contribution < 1.29 is 28.6 Å². The van der Waals surface area contributed by atoms with Crippen molar-refractivity contribution >= 4 is 29.5 Å². The van der Waals surface area contributed by atoms with E-state index in [0.717, 1.165) is 0 Å². The molecule has 28 heavy (non-hydrogen) atoms. The van der Waals surface area contributed by atoms with Gasteiger partial charge in [0.2, 0.25) is 0 Å². The molecule has 8 nitrogen and oxygen atoms in total. The van der Waals surface area contributed by atoms with Gasteiger partial charge in [0.15, 0.2) is 0 Å². The summed E-state index contributed by atoms with van der Waals surface area (Å²) in [5.41, 5.74) is -0.770. The van der Waals surface area contributed by atoms with Crippen molar-refractivity contribution in [2.45, 2.75) is 52.7 Å². The molecule has 2 amide bonds. The van der Waals surface area contributed by atoms with Crippen LogP contribution in [0.25, 0.3) is 0 Å². The van der Waals surface area contributed by atoms with Crippen molar-refractivity contribution in [3.63, 3.8) is 0 Å². The fraction of sp³-hybridized carbons (Fsp3) is 0.450. The number of anilines is 2. The van der Waals surface area contributed by atoms with Crippen molar-refractivity contribution in [1.82, 2.24) is 0 Å². The second-order valence-corrected chi connectivity index (χ2v) is 7.94. The molecule has 0 saturated carbocycles. The van der Waals surface area contributed by atoms with Crippen LogP contribution in [0.4, 0.5) is 21.0 Å². The summed E-state index contributed by atoms with van der Waals surface area (Å²) < 4.78 is 15.4. The topological polar surface area (TPSA) is 103 Å². The van der Waals surface area contributed by atoms with Crippen LogP contribution in [0.1, 0.15) is 51.9 Å². The minimum absolute atomic E-state index is 0.0252. The van der Waals surface area contributed by atoms with Crippen molar-refractivity contribution in [1.29, 1.82) is 0 Å². The minimum atomic E-state index is -0.702. The van der Waals surface area contributed by atoms with Gasteiger partial charge in [-0.1, -0.05) is 12.7 Å². The molecule has 0 fully saturated rings. The molecule has 0 atom stereocenters. The molecular weight excluding hydrogens is 364 g/mol. The van der Waals surface area contributed by atoms with Gasteiger partial charge in [-0.15, -0.1) is 0 Å². The Balaban J connectivity index is 3.09. The lowest BCUT2D eigenvalue weighted by Gasteiger charge is -2.21. The molecule has 2 N–H and O–H groups in total. The molecule has 0 aromatic heterocycles. The van der Waals surface area contributed by atoms with Gasteiger partial charge < -0.3 is 14.2 Å². The summed E-state index contributed by atoms with van der Waals surface area (Å²) in [6, 6.07) is 4.29. The summed E-state index contributed by atoms with van der Waals surface area (Å²) in [6.45, 7) is 13.9. The lowest BCUT2D eigenvalue weighted by molar-refractivity contribution is 0.0546. The van der Waals surface area contributed by atoms with Crippen LogP contribution in [0.5, 0.6) is 0 Å². The first-order valence-corrected chi connectivity index (χ1v) is 8.72. The van der Waals surface area contributed by atoms with E-state index in [-0.39, 0.29) is 23.5 Å².